The molecule has 1 saturated carbocycles. The Bertz CT molecular complexity index is 261. The summed E-state index contributed by atoms with van der Waals surface area (Å²) in [5.41, 5.74) is 0. The Balaban J connectivity index is 1.81. The molecule has 104 valence electrons. The number of hydrogen-bond acceptors (Lipinski definition) is 3. The minimum Gasteiger partial charge on any atom is -0.396 e. The number of carbonyl (C=O) groups is 1. The monoisotopic (exact) mass is 254 g/mol. The summed E-state index contributed by atoms with van der Waals surface area (Å²) < 4.78 is 0. The van der Waals surface area contributed by atoms with E-state index in [1.54, 1.807) is 0 Å². The zero-order valence-corrected chi connectivity index (χ0v) is 11.2. The van der Waals surface area contributed by atoms with Crippen molar-refractivity contribution in [1.29, 1.82) is 0 Å². The predicted octanol–water partition coefficient (Wildman–Crippen LogP) is 1.14. The van der Waals surface area contributed by atoms with Crippen molar-refractivity contribution in [2.24, 2.45) is 5.92 Å². The van der Waals surface area contributed by atoms with E-state index in [9.17, 15) is 4.79 Å². The maximum atomic E-state index is 12.4. The Labute approximate surface area is 110 Å². The second-order valence-electron chi connectivity index (χ2n) is 5.67. The standard InChI is InChI=1S/C14H26N2O2/c17-9-3-8-16(13-5-1-6-13)14(18)10-12-4-2-7-15-11-12/h12-13,15,17H,1-11H2. The highest BCUT2D eigenvalue weighted by molar-refractivity contribution is 5.77. The van der Waals surface area contributed by atoms with Crippen molar-refractivity contribution >= 4 is 5.91 Å². The Hall–Kier alpha value is -0.610. The number of amides is 1. The predicted molar refractivity (Wildman–Crippen MR) is 71.3 cm³/mol. The van der Waals surface area contributed by atoms with E-state index in [0.717, 1.165) is 32.5 Å². The molecule has 0 bridgehead atoms. The zero-order chi connectivity index (χ0) is 12.8. The lowest BCUT2D eigenvalue weighted by molar-refractivity contribution is -0.136. The van der Waals surface area contributed by atoms with E-state index in [1.165, 1.54) is 19.3 Å². The molecule has 18 heavy (non-hydrogen) atoms. The molecule has 1 heterocycles. The lowest BCUT2D eigenvalue weighted by atomic mass is 9.89. The first-order valence-electron chi connectivity index (χ1n) is 7.42. The highest BCUT2D eigenvalue weighted by atomic mass is 16.3. The Kier molecular flexibility index (Phi) is 5.45. The number of aliphatic hydroxyl groups is 1. The number of aliphatic hydroxyl groups excluding tert-OH is 1. The normalized spacial score (nSPS) is 24.6. The summed E-state index contributed by atoms with van der Waals surface area (Å²) in [7, 11) is 0. The average molecular weight is 254 g/mol. The van der Waals surface area contributed by atoms with E-state index in [-0.39, 0.29) is 6.61 Å². The van der Waals surface area contributed by atoms with Crippen LogP contribution in [0.3, 0.4) is 0 Å². The molecular formula is C14H26N2O2. The molecule has 0 aromatic heterocycles. The van der Waals surface area contributed by atoms with Crippen molar-refractivity contribution in [2.75, 3.05) is 26.2 Å². The number of hydrogen-bond donors (Lipinski definition) is 2. The van der Waals surface area contributed by atoms with Crippen LogP contribution in [0.2, 0.25) is 0 Å². The van der Waals surface area contributed by atoms with E-state index in [1.807, 2.05) is 4.90 Å². The fourth-order valence-corrected chi connectivity index (χ4v) is 2.91. The fourth-order valence-electron chi connectivity index (χ4n) is 2.91. The zero-order valence-electron chi connectivity index (χ0n) is 11.2. The number of piperidine rings is 1. The summed E-state index contributed by atoms with van der Waals surface area (Å²) in [5.74, 6) is 0.824. The topological polar surface area (TPSA) is 52.6 Å². The second kappa shape index (κ2) is 7.10. The van der Waals surface area contributed by atoms with Gasteiger partial charge in [0.2, 0.25) is 5.91 Å². The van der Waals surface area contributed by atoms with Crippen molar-refractivity contribution in [3.63, 3.8) is 0 Å². The summed E-state index contributed by atoms with van der Waals surface area (Å²) in [5, 5.41) is 12.3. The summed E-state index contributed by atoms with van der Waals surface area (Å²) >= 11 is 0. The Morgan fingerprint density at radius 1 is 1.28 bits per heavy atom. The van der Waals surface area contributed by atoms with Gasteiger partial charge in [0.25, 0.3) is 0 Å². The third kappa shape index (κ3) is 3.69. The van der Waals surface area contributed by atoms with Gasteiger partial charge in [0.1, 0.15) is 0 Å². The molecule has 1 saturated heterocycles. The summed E-state index contributed by atoms with van der Waals surface area (Å²) in [6.45, 7) is 3.01. The van der Waals surface area contributed by atoms with Gasteiger partial charge in [0.15, 0.2) is 0 Å². The smallest absolute Gasteiger partial charge is 0.223 e. The molecule has 1 atom stereocenters. The van der Waals surface area contributed by atoms with Crippen LogP contribution in [0.1, 0.15) is 44.9 Å². The van der Waals surface area contributed by atoms with E-state index >= 15 is 0 Å². The van der Waals surface area contributed by atoms with Gasteiger partial charge >= 0.3 is 0 Å². The van der Waals surface area contributed by atoms with Crippen LogP contribution in [0.15, 0.2) is 0 Å². The first kappa shape index (κ1) is 13.8. The van der Waals surface area contributed by atoms with Crippen LogP contribution < -0.4 is 5.32 Å². The largest absolute Gasteiger partial charge is 0.396 e. The molecule has 2 rings (SSSR count). The lowest BCUT2D eigenvalue weighted by Crippen LogP contribution is -2.46. The van der Waals surface area contributed by atoms with Gasteiger partial charge in [-0.15, -0.1) is 0 Å². The maximum absolute atomic E-state index is 12.4. The molecule has 1 aliphatic heterocycles. The summed E-state index contributed by atoms with van der Waals surface area (Å²) in [4.78, 5) is 14.4. The molecule has 0 aromatic carbocycles. The van der Waals surface area contributed by atoms with E-state index in [2.05, 4.69) is 5.32 Å². The molecule has 1 amide bonds. The van der Waals surface area contributed by atoms with Gasteiger partial charge in [0, 0.05) is 25.6 Å². The molecule has 0 radical (unpaired) electrons. The average Bonchev–Trinajstić information content (AvgIpc) is 2.33. The van der Waals surface area contributed by atoms with Crippen LogP contribution in [0.25, 0.3) is 0 Å². The van der Waals surface area contributed by atoms with Gasteiger partial charge < -0.3 is 15.3 Å². The van der Waals surface area contributed by atoms with Gasteiger partial charge in [0.05, 0.1) is 0 Å². The number of nitrogens with one attached hydrogen (secondary N) is 1. The van der Waals surface area contributed by atoms with Gasteiger partial charge in [-0.2, -0.15) is 0 Å². The molecule has 1 aliphatic carbocycles. The van der Waals surface area contributed by atoms with Crippen molar-refractivity contribution < 1.29 is 9.90 Å². The number of rotatable bonds is 6. The SMILES string of the molecule is O=C(CC1CCCNC1)N(CCCO)C1CCC1. The van der Waals surface area contributed by atoms with Crippen LogP contribution >= 0.6 is 0 Å². The van der Waals surface area contributed by atoms with Gasteiger partial charge in [-0.05, 0) is 57.5 Å². The molecule has 0 aromatic rings. The number of nitrogens with zero attached hydrogens (tertiary/aromatic N) is 1. The molecule has 2 fully saturated rings. The van der Waals surface area contributed by atoms with Gasteiger partial charge in [-0.25, -0.2) is 0 Å². The lowest BCUT2D eigenvalue weighted by Gasteiger charge is -2.38. The summed E-state index contributed by atoms with van der Waals surface area (Å²) in [6.07, 6.45) is 7.33. The van der Waals surface area contributed by atoms with E-state index < -0.39 is 0 Å². The van der Waals surface area contributed by atoms with Crippen molar-refractivity contribution in [3.8, 4) is 0 Å². The Morgan fingerprint density at radius 3 is 2.67 bits per heavy atom. The van der Waals surface area contributed by atoms with Crippen LogP contribution in [-0.2, 0) is 4.79 Å². The quantitative estimate of drug-likeness (QED) is 0.747. The highest BCUT2D eigenvalue weighted by Gasteiger charge is 2.29. The van der Waals surface area contributed by atoms with Crippen LogP contribution in [-0.4, -0.2) is 48.2 Å². The minimum absolute atomic E-state index is 0.182. The van der Waals surface area contributed by atoms with E-state index in [0.29, 0.717) is 30.7 Å². The second-order valence-corrected chi connectivity index (χ2v) is 5.67. The molecule has 4 nitrogen and oxygen atoms in total. The van der Waals surface area contributed by atoms with E-state index in [4.69, 9.17) is 5.11 Å². The summed E-state index contributed by atoms with van der Waals surface area (Å²) in [6, 6.07) is 0.459. The maximum Gasteiger partial charge on any atom is 0.223 e. The third-order valence-electron chi connectivity index (χ3n) is 4.26. The first-order chi connectivity index (χ1) is 8.81. The van der Waals surface area contributed by atoms with Crippen LogP contribution in [0.4, 0.5) is 0 Å². The molecule has 2 aliphatic rings. The molecule has 4 heteroatoms. The molecule has 1 unspecified atom stereocenters. The minimum atomic E-state index is 0.182. The number of carbonyl (C=O) groups excluding carboxylic acids is 1. The highest BCUT2D eigenvalue weighted by Crippen LogP contribution is 2.26. The fraction of sp³-hybridized carbons (Fsp3) is 0.929. The molecular weight excluding hydrogens is 228 g/mol. The molecule has 0 spiro atoms. The van der Waals surface area contributed by atoms with Gasteiger partial charge in [-0.3, -0.25) is 4.79 Å². The van der Waals surface area contributed by atoms with Crippen molar-refractivity contribution in [2.45, 2.75) is 51.0 Å². The van der Waals surface area contributed by atoms with Crippen molar-refractivity contribution in [3.05, 3.63) is 0 Å². The van der Waals surface area contributed by atoms with Crippen LogP contribution in [0, 0.1) is 5.92 Å². The first-order valence-corrected chi connectivity index (χ1v) is 7.42. The Morgan fingerprint density at radius 2 is 2.11 bits per heavy atom. The third-order valence-corrected chi connectivity index (χ3v) is 4.26. The van der Waals surface area contributed by atoms with Gasteiger partial charge in [-0.1, -0.05) is 0 Å². The van der Waals surface area contributed by atoms with Crippen molar-refractivity contribution in [1.82, 2.24) is 10.2 Å². The van der Waals surface area contributed by atoms with Crippen LogP contribution in [0.5, 0.6) is 0 Å². The molecule has 2 N–H and O–H groups in total.